The second-order valence-corrected chi connectivity index (χ2v) is 4.63. The van der Waals surface area contributed by atoms with Gasteiger partial charge >= 0.3 is 0 Å². The molecule has 7 heteroatoms. The first-order valence-electron chi connectivity index (χ1n) is 6.34. The highest BCUT2D eigenvalue weighted by Crippen LogP contribution is 2.26. The quantitative estimate of drug-likeness (QED) is 0.532. The minimum Gasteiger partial charge on any atom is -0.377 e. The Labute approximate surface area is 119 Å². The van der Waals surface area contributed by atoms with Crippen molar-refractivity contribution < 1.29 is 14.2 Å². The summed E-state index contributed by atoms with van der Waals surface area (Å²) >= 11 is 0. The molecule has 108 valence electrons. The zero-order valence-corrected chi connectivity index (χ0v) is 11.4. The molecule has 0 saturated heterocycles. The summed E-state index contributed by atoms with van der Waals surface area (Å²) in [4.78, 5) is 10.6. The number of non-ortho nitro benzene ring substituents is 1. The van der Waals surface area contributed by atoms with Crippen molar-refractivity contribution in [1.82, 2.24) is 9.72 Å². The van der Waals surface area contributed by atoms with Gasteiger partial charge in [0.25, 0.3) is 5.69 Å². The molecule has 3 aromatic rings. The summed E-state index contributed by atoms with van der Waals surface area (Å²) in [6, 6.07) is 8.57. The molecule has 7 nitrogen and oxygen atoms in total. The van der Waals surface area contributed by atoms with Crippen molar-refractivity contribution in [2.45, 2.75) is 13.2 Å². The monoisotopic (exact) mass is 287 g/mol. The molecule has 0 atom stereocenters. The number of fused-ring (bicyclic) bond motifs is 1. The summed E-state index contributed by atoms with van der Waals surface area (Å²) < 4.78 is 12.0. The third-order valence-electron chi connectivity index (χ3n) is 3.21. The van der Waals surface area contributed by atoms with Gasteiger partial charge in [-0.15, -0.1) is 0 Å². The normalized spacial score (nSPS) is 11.1. The highest BCUT2D eigenvalue weighted by atomic mass is 16.6. The van der Waals surface area contributed by atoms with Gasteiger partial charge in [0.05, 0.1) is 22.4 Å². The van der Waals surface area contributed by atoms with Crippen LogP contribution in [0.3, 0.4) is 0 Å². The second kappa shape index (κ2) is 5.37. The lowest BCUT2D eigenvalue weighted by molar-refractivity contribution is -0.383. The third-order valence-corrected chi connectivity index (χ3v) is 3.21. The molecule has 3 rings (SSSR count). The molecule has 0 aliphatic rings. The van der Waals surface area contributed by atoms with E-state index in [4.69, 9.17) is 9.26 Å². The standard InChI is InChI=1S/C14H13N3O4/c1-20-9-11-7-10(15-21-11)8-16-6-5-12-13(16)3-2-4-14(12)17(18)19/h2-7H,8-9H2,1H3. The minimum atomic E-state index is -0.376. The highest BCUT2D eigenvalue weighted by Gasteiger charge is 2.14. The number of hydrogen-bond donors (Lipinski definition) is 0. The fourth-order valence-electron chi connectivity index (χ4n) is 2.32. The molecule has 0 aliphatic carbocycles. The van der Waals surface area contributed by atoms with Crippen LogP contribution in [0, 0.1) is 10.1 Å². The molecule has 0 saturated carbocycles. The molecule has 0 unspecified atom stereocenters. The van der Waals surface area contributed by atoms with E-state index in [1.807, 2.05) is 22.9 Å². The van der Waals surface area contributed by atoms with E-state index in [9.17, 15) is 10.1 Å². The van der Waals surface area contributed by atoms with Gasteiger partial charge in [0.15, 0.2) is 5.76 Å². The van der Waals surface area contributed by atoms with Gasteiger partial charge in [-0.05, 0) is 12.1 Å². The summed E-state index contributed by atoms with van der Waals surface area (Å²) in [5.74, 6) is 0.648. The zero-order valence-electron chi connectivity index (χ0n) is 11.4. The largest absolute Gasteiger partial charge is 0.377 e. The van der Waals surface area contributed by atoms with Crippen LogP contribution in [-0.2, 0) is 17.9 Å². The van der Waals surface area contributed by atoms with E-state index in [0.29, 0.717) is 24.3 Å². The maximum absolute atomic E-state index is 11.0. The van der Waals surface area contributed by atoms with Crippen molar-refractivity contribution in [3.05, 3.63) is 58.1 Å². The van der Waals surface area contributed by atoms with Crippen molar-refractivity contribution in [2.75, 3.05) is 7.11 Å². The van der Waals surface area contributed by atoms with Crippen molar-refractivity contribution in [1.29, 1.82) is 0 Å². The number of nitro benzene ring substituents is 1. The van der Waals surface area contributed by atoms with Crippen LogP contribution in [-0.4, -0.2) is 21.8 Å². The first-order chi connectivity index (χ1) is 10.2. The summed E-state index contributed by atoms with van der Waals surface area (Å²) in [6.45, 7) is 0.850. The summed E-state index contributed by atoms with van der Waals surface area (Å²) in [6.07, 6.45) is 1.81. The van der Waals surface area contributed by atoms with Crippen molar-refractivity contribution in [2.24, 2.45) is 0 Å². The maximum Gasteiger partial charge on any atom is 0.278 e. The van der Waals surface area contributed by atoms with Gasteiger partial charge in [0.2, 0.25) is 0 Å². The van der Waals surface area contributed by atoms with Crippen LogP contribution in [0.25, 0.3) is 10.9 Å². The van der Waals surface area contributed by atoms with Crippen LogP contribution in [0.15, 0.2) is 41.1 Å². The molecule has 0 N–H and O–H groups in total. The van der Waals surface area contributed by atoms with Gasteiger partial charge < -0.3 is 13.8 Å². The van der Waals surface area contributed by atoms with Gasteiger partial charge in [-0.1, -0.05) is 11.2 Å². The molecular weight excluding hydrogens is 274 g/mol. The molecule has 0 radical (unpaired) electrons. The molecule has 2 heterocycles. The van der Waals surface area contributed by atoms with Crippen LogP contribution in [0.4, 0.5) is 5.69 Å². The van der Waals surface area contributed by atoms with Crippen LogP contribution in [0.1, 0.15) is 11.5 Å². The Hall–Kier alpha value is -2.67. The van der Waals surface area contributed by atoms with E-state index in [-0.39, 0.29) is 10.6 Å². The number of nitrogens with zero attached hydrogens (tertiary/aromatic N) is 3. The highest BCUT2D eigenvalue weighted by molar-refractivity contribution is 5.89. The fourth-order valence-corrected chi connectivity index (χ4v) is 2.32. The first kappa shape index (κ1) is 13.3. The molecule has 2 aromatic heterocycles. The van der Waals surface area contributed by atoms with E-state index in [2.05, 4.69) is 5.16 Å². The van der Waals surface area contributed by atoms with Gasteiger partial charge in [0, 0.05) is 25.4 Å². The first-order valence-corrected chi connectivity index (χ1v) is 6.34. The molecule has 0 amide bonds. The number of nitro groups is 1. The van der Waals surface area contributed by atoms with Gasteiger partial charge in [0.1, 0.15) is 12.3 Å². The lowest BCUT2D eigenvalue weighted by Crippen LogP contribution is -1.98. The molecule has 21 heavy (non-hydrogen) atoms. The number of aromatic nitrogens is 2. The lowest BCUT2D eigenvalue weighted by atomic mass is 10.2. The summed E-state index contributed by atoms with van der Waals surface area (Å²) in [7, 11) is 1.58. The van der Waals surface area contributed by atoms with E-state index in [1.54, 1.807) is 19.2 Å². The van der Waals surface area contributed by atoms with Crippen molar-refractivity contribution in [3.63, 3.8) is 0 Å². The molecule has 0 fully saturated rings. The molecule has 0 spiro atoms. The Morgan fingerprint density at radius 2 is 2.29 bits per heavy atom. The van der Waals surface area contributed by atoms with Gasteiger partial charge in [-0.2, -0.15) is 0 Å². The van der Waals surface area contributed by atoms with Crippen LogP contribution < -0.4 is 0 Å². The molecule has 0 bridgehead atoms. The number of methoxy groups -OCH3 is 1. The van der Waals surface area contributed by atoms with Gasteiger partial charge in [-0.25, -0.2) is 0 Å². The smallest absolute Gasteiger partial charge is 0.278 e. The Balaban J connectivity index is 1.93. The van der Waals surface area contributed by atoms with Crippen LogP contribution in [0.2, 0.25) is 0 Å². The van der Waals surface area contributed by atoms with Crippen molar-refractivity contribution >= 4 is 16.6 Å². The van der Waals surface area contributed by atoms with Crippen molar-refractivity contribution in [3.8, 4) is 0 Å². The number of rotatable bonds is 5. The molecule has 1 aromatic carbocycles. The topological polar surface area (TPSA) is 83.3 Å². The average molecular weight is 287 g/mol. The van der Waals surface area contributed by atoms with E-state index in [1.165, 1.54) is 6.07 Å². The fraction of sp³-hybridized carbons (Fsp3) is 0.214. The third kappa shape index (κ3) is 2.50. The van der Waals surface area contributed by atoms with Crippen LogP contribution in [0.5, 0.6) is 0 Å². The Morgan fingerprint density at radius 3 is 3.05 bits per heavy atom. The number of hydrogen-bond acceptors (Lipinski definition) is 5. The lowest BCUT2D eigenvalue weighted by Gasteiger charge is -2.02. The average Bonchev–Trinajstić information content (AvgIpc) is 3.07. The predicted molar refractivity (Wildman–Crippen MR) is 74.9 cm³/mol. The van der Waals surface area contributed by atoms with E-state index in [0.717, 1.165) is 11.2 Å². The van der Waals surface area contributed by atoms with E-state index < -0.39 is 0 Å². The van der Waals surface area contributed by atoms with Gasteiger partial charge in [-0.3, -0.25) is 10.1 Å². The summed E-state index contributed by atoms with van der Waals surface area (Å²) in [5.41, 5.74) is 1.64. The predicted octanol–water partition coefficient (Wildman–Crippen LogP) is 2.73. The van der Waals surface area contributed by atoms with Crippen LogP contribution >= 0.6 is 0 Å². The molecular formula is C14H13N3O4. The second-order valence-electron chi connectivity index (χ2n) is 4.63. The molecule has 0 aliphatic heterocycles. The number of benzene rings is 1. The van der Waals surface area contributed by atoms with E-state index >= 15 is 0 Å². The zero-order chi connectivity index (χ0) is 14.8. The number of ether oxygens (including phenoxy) is 1. The Morgan fingerprint density at radius 1 is 1.43 bits per heavy atom. The Bertz CT molecular complexity index is 790. The minimum absolute atomic E-state index is 0.103. The Kier molecular flexibility index (Phi) is 3.41. The SMILES string of the molecule is COCc1cc(Cn2ccc3c([N+](=O)[O-])cccc32)no1. The maximum atomic E-state index is 11.0. The summed E-state index contributed by atoms with van der Waals surface area (Å²) in [5, 5.41) is 15.6.